The molecule has 3 rings (SSSR count). The van der Waals surface area contributed by atoms with Crippen molar-refractivity contribution in [3.05, 3.63) is 83.9 Å². The van der Waals surface area contributed by atoms with Crippen molar-refractivity contribution in [1.82, 2.24) is 20.2 Å². The molecule has 1 aromatic heterocycles. The standard InChI is InChI=1S/C23H29N5O.HI/c1-18-5-4-6-22(13-18)29-19(2)14-26-23(24-3)27-15-20-7-9-21(10-8-20)16-28-12-11-25-17-28;/h4-13,17,19H,14-16H2,1-3H3,(H2,24,26,27);1H. The molecule has 0 aliphatic rings. The number of nitrogens with zero attached hydrogens (tertiary/aromatic N) is 3. The minimum absolute atomic E-state index is 0. The molecule has 1 unspecified atom stereocenters. The zero-order valence-electron chi connectivity index (χ0n) is 17.7. The van der Waals surface area contributed by atoms with E-state index in [0.717, 1.165) is 18.3 Å². The van der Waals surface area contributed by atoms with E-state index in [9.17, 15) is 0 Å². The Balaban J connectivity index is 0.00000320. The Morgan fingerprint density at radius 2 is 1.90 bits per heavy atom. The molecule has 1 atom stereocenters. The maximum atomic E-state index is 5.96. The average molecular weight is 519 g/mol. The molecular weight excluding hydrogens is 489 g/mol. The number of rotatable bonds is 8. The summed E-state index contributed by atoms with van der Waals surface area (Å²) in [5.41, 5.74) is 3.64. The van der Waals surface area contributed by atoms with Gasteiger partial charge in [0.25, 0.3) is 0 Å². The Morgan fingerprint density at radius 1 is 1.13 bits per heavy atom. The van der Waals surface area contributed by atoms with Gasteiger partial charge in [-0.3, -0.25) is 4.99 Å². The molecule has 0 bridgehead atoms. The molecule has 0 aliphatic heterocycles. The van der Waals surface area contributed by atoms with Crippen LogP contribution in [0.25, 0.3) is 0 Å². The Kier molecular flexibility index (Phi) is 9.66. The summed E-state index contributed by atoms with van der Waals surface area (Å²) in [6.07, 6.45) is 5.62. The van der Waals surface area contributed by atoms with Crippen molar-refractivity contribution >= 4 is 29.9 Å². The molecule has 1 heterocycles. The number of nitrogens with one attached hydrogen (secondary N) is 2. The van der Waals surface area contributed by atoms with E-state index >= 15 is 0 Å². The molecule has 7 heteroatoms. The lowest BCUT2D eigenvalue weighted by Crippen LogP contribution is -2.41. The molecule has 0 radical (unpaired) electrons. The van der Waals surface area contributed by atoms with E-state index in [1.807, 2.05) is 37.6 Å². The largest absolute Gasteiger partial charge is 0.489 e. The van der Waals surface area contributed by atoms with Gasteiger partial charge in [-0.25, -0.2) is 4.98 Å². The highest BCUT2D eigenvalue weighted by atomic mass is 127. The molecule has 0 saturated carbocycles. The second kappa shape index (κ2) is 12.2. The summed E-state index contributed by atoms with van der Waals surface area (Å²) in [4.78, 5) is 8.37. The van der Waals surface area contributed by atoms with Crippen LogP contribution < -0.4 is 15.4 Å². The van der Waals surface area contributed by atoms with E-state index in [0.29, 0.717) is 13.1 Å². The number of hydrogen-bond acceptors (Lipinski definition) is 3. The van der Waals surface area contributed by atoms with E-state index < -0.39 is 0 Å². The van der Waals surface area contributed by atoms with E-state index in [2.05, 4.69) is 62.4 Å². The molecule has 160 valence electrons. The monoisotopic (exact) mass is 519 g/mol. The molecule has 0 amide bonds. The lowest BCUT2D eigenvalue weighted by Gasteiger charge is -2.18. The third-order valence-electron chi connectivity index (χ3n) is 4.51. The summed E-state index contributed by atoms with van der Waals surface area (Å²) in [6.45, 7) is 6.30. The molecular formula is C23H30IN5O. The quantitative estimate of drug-likeness (QED) is 0.269. The van der Waals surface area contributed by atoms with Gasteiger partial charge < -0.3 is 19.9 Å². The molecule has 0 spiro atoms. The first-order valence-electron chi connectivity index (χ1n) is 9.84. The van der Waals surface area contributed by atoms with Crippen LogP contribution in [-0.4, -0.2) is 35.2 Å². The van der Waals surface area contributed by atoms with Gasteiger partial charge in [0, 0.05) is 32.5 Å². The summed E-state index contributed by atoms with van der Waals surface area (Å²) in [5.74, 6) is 1.64. The van der Waals surface area contributed by atoms with E-state index in [4.69, 9.17) is 4.74 Å². The van der Waals surface area contributed by atoms with Crippen molar-refractivity contribution in [2.45, 2.75) is 33.0 Å². The van der Waals surface area contributed by atoms with Crippen LogP contribution in [0, 0.1) is 6.92 Å². The molecule has 6 nitrogen and oxygen atoms in total. The highest BCUT2D eigenvalue weighted by Gasteiger charge is 2.06. The van der Waals surface area contributed by atoms with Crippen LogP contribution in [0.15, 0.2) is 72.2 Å². The zero-order chi connectivity index (χ0) is 20.5. The highest BCUT2D eigenvalue weighted by Crippen LogP contribution is 2.13. The summed E-state index contributed by atoms with van der Waals surface area (Å²) < 4.78 is 8.01. The van der Waals surface area contributed by atoms with Crippen LogP contribution in [0.4, 0.5) is 0 Å². The van der Waals surface area contributed by atoms with Gasteiger partial charge in [-0.05, 0) is 42.7 Å². The minimum atomic E-state index is 0. The van der Waals surface area contributed by atoms with Crippen LogP contribution in [0.3, 0.4) is 0 Å². The van der Waals surface area contributed by atoms with Crippen molar-refractivity contribution in [2.75, 3.05) is 13.6 Å². The van der Waals surface area contributed by atoms with Crippen molar-refractivity contribution in [3.63, 3.8) is 0 Å². The fourth-order valence-corrected chi connectivity index (χ4v) is 2.96. The zero-order valence-corrected chi connectivity index (χ0v) is 20.0. The summed E-state index contributed by atoms with van der Waals surface area (Å²) in [6, 6.07) is 16.6. The third kappa shape index (κ3) is 7.70. The Morgan fingerprint density at radius 3 is 2.57 bits per heavy atom. The molecule has 0 aliphatic carbocycles. The number of halogens is 1. The van der Waals surface area contributed by atoms with Crippen molar-refractivity contribution in [2.24, 2.45) is 4.99 Å². The van der Waals surface area contributed by atoms with Gasteiger partial charge in [-0.1, -0.05) is 36.4 Å². The first-order chi connectivity index (χ1) is 14.1. The molecule has 0 saturated heterocycles. The maximum Gasteiger partial charge on any atom is 0.191 e. The summed E-state index contributed by atoms with van der Waals surface area (Å²) in [7, 11) is 1.77. The Hall–Kier alpha value is -2.55. The number of imidazole rings is 1. The van der Waals surface area contributed by atoms with Gasteiger partial charge in [-0.2, -0.15) is 0 Å². The van der Waals surface area contributed by atoms with Gasteiger partial charge in [0.05, 0.1) is 12.9 Å². The average Bonchev–Trinajstić information content (AvgIpc) is 3.22. The second-order valence-electron chi connectivity index (χ2n) is 7.10. The summed E-state index contributed by atoms with van der Waals surface area (Å²) in [5, 5.41) is 6.67. The molecule has 2 aromatic carbocycles. The van der Waals surface area contributed by atoms with Gasteiger partial charge in [0.2, 0.25) is 0 Å². The van der Waals surface area contributed by atoms with Crippen molar-refractivity contribution in [3.8, 4) is 5.75 Å². The maximum absolute atomic E-state index is 5.96. The fraction of sp³-hybridized carbons (Fsp3) is 0.304. The number of hydrogen-bond donors (Lipinski definition) is 2. The smallest absolute Gasteiger partial charge is 0.191 e. The number of aromatic nitrogens is 2. The fourth-order valence-electron chi connectivity index (χ4n) is 2.96. The normalized spacial score (nSPS) is 12.0. The van der Waals surface area contributed by atoms with Crippen molar-refractivity contribution < 1.29 is 4.74 Å². The summed E-state index contributed by atoms with van der Waals surface area (Å²) >= 11 is 0. The topological polar surface area (TPSA) is 63.5 Å². The first-order valence-corrected chi connectivity index (χ1v) is 9.84. The number of aliphatic imine (C=N–C) groups is 1. The number of guanidine groups is 1. The lowest BCUT2D eigenvalue weighted by molar-refractivity contribution is 0.223. The minimum Gasteiger partial charge on any atom is -0.489 e. The van der Waals surface area contributed by atoms with E-state index in [1.165, 1.54) is 16.7 Å². The van der Waals surface area contributed by atoms with Gasteiger partial charge >= 0.3 is 0 Å². The predicted octanol–water partition coefficient (Wildman–Crippen LogP) is 3.99. The van der Waals surface area contributed by atoms with Gasteiger partial charge in [0.1, 0.15) is 11.9 Å². The number of benzene rings is 2. The second-order valence-corrected chi connectivity index (χ2v) is 7.10. The van der Waals surface area contributed by atoms with Crippen molar-refractivity contribution in [1.29, 1.82) is 0 Å². The molecule has 3 aromatic rings. The third-order valence-corrected chi connectivity index (χ3v) is 4.51. The molecule has 0 fully saturated rings. The van der Waals surface area contributed by atoms with Crippen LogP contribution >= 0.6 is 24.0 Å². The molecule has 2 N–H and O–H groups in total. The van der Waals surface area contributed by atoms with Crippen LogP contribution in [-0.2, 0) is 13.1 Å². The highest BCUT2D eigenvalue weighted by molar-refractivity contribution is 14.0. The lowest BCUT2D eigenvalue weighted by atomic mass is 10.1. The number of ether oxygens (including phenoxy) is 1. The first kappa shape index (κ1) is 23.7. The van der Waals surface area contributed by atoms with Gasteiger partial charge in [-0.15, -0.1) is 24.0 Å². The SMILES string of the molecule is CN=C(NCc1ccc(Cn2ccnc2)cc1)NCC(C)Oc1cccc(C)c1.I. The Labute approximate surface area is 195 Å². The Bertz CT molecular complexity index is 910. The van der Waals surface area contributed by atoms with Crippen LogP contribution in [0.1, 0.15) is 23.6 Å². The van der Waals surface area contributed by atoms with Gasteiger partial charge in [0.15, 0.2) is 5.96 Å². The van der Waals surface area contributed by atoms with Crippen LogP contribution in [0.2, 0.25) is 0 Å². The van der Waals surface area contributed by atoms with E-state index in [-0.39, 0.29) is 30.1 Å². The predicted molar refractivity (Wildman–Crippen MR) is 133 cm³/mol. The van der Waals surface area contributed by atoms with E-state index in [1.54, 1.807) is 13.2 Å². The number of aryl methyl sites for hydroxylation is 1. The van der Waals surface area contributed by atoms with Crippen LogP contribution in [0.5, 0.6) is 5.75 Å². The molecule has 30 heavy (non-hydrogen) atoms.